The fourth-order valence-corrected chi connectivity index (χ4v) is 2.34. The van der Waals surface area contributed by atoms with Crippen molar-refractivity contribution >= 4 is 5.91 Å². The second kappa shape index (κ2) is 4.19. The van der Waals surface area contributed by atoms with Gasteiger partial charge in [0.05, 0.1) is 18.3 Å². The Hall–Kier alpha value is -1.08. The number of nitrogens with zero attached hydrogens (tertiary/aromatic N) is 2. The van der Waals surface area contributed by atoms with Gasteiger partial charge in [-0.1, -0.05) is 6.92 Å². The van der Waals surface area contributed by atoms with Gasteiger partial charge in [0, 0.05) is 13.1 Å². The van der Waals surface area contributed by atoms with Gasteiger partial charge < -0.3 is 9.64 Å². The van der Waals surface area contributed by atoms with Gasteiger partial charge in [-0.05, 0) is 19.3 Å². The average molecular weight is 208 g/mol. The molecule has 15 heavy (non-hydrogen) atoms. The molecule has 82 valence electrons. The van der Waals surface area contributed by atoms with E-state index in [9.17, 15) is 4.79 Å². The number of ether oxygens (including phenoxy) is 1. The van der Waals surface area contributed by atoms with Crippen molar-refractivity contribution in [3.63, 3.8) is 0 Å². The number of rotatable bonds is 2. The first-order valence-electron chi connectivity index (χ1n) is 5.58. The van der Waals surface area contributed by atoms with Crippen LogP contribution in [0.3, 0.4) is 0 Å². The summed E-state index contributed by atoms with van der Waals surface area (Å²) >= 11 is 0. The summed E-state index contributed by atoms with van der Waals surface area (Å²) in [4.78, 5) is 13.7. The summed E-state index contributed by atoms with van der Waals surface area (Å²) in [6.45, 7) is 3.22. The van der Waals surface area contributed by atoms with E-state index in [0.717, 1.165) is 12.8 Å². The van der Waals surface area contributed by atoms with Gasteiger partial charge in [-0.2, -0.15) is 5.26 Å². The van der Waals surface area contributed by atoms with Crippen molar-refractivity contribution in [2.75, 3.05) is 13.1 Å². The normalized spacial score (nSPS) is 31.1. The number of hydrogen-bond acceptors (Lipinski definition) is 3. The lowest BCUT2D eigenvalue weighted by molar-refractivity contribution is -0.142. The molecule has 0 spiro atoms. The Labute approximate surface area is 89.8 Å². The Morgan fingerprint density at radius 3 is 2.60 bits per heavy atom. The molecule has 0 radical (unpaired) electrons. The summed E-state index contributed by atoms with van der Waals surface area (Å²) in [6, 6.07) is 2.07. The number of nitriles is 1. The van der Waals surface area contributed by atoms with E-state index >= 15 is 0 Å². The molecule has 2 rings (SSSR count). The van der Waals surface area contributed by atoms with Gasteiger partial charge in [0.25, 0.3) is 0 Å². The van der Waals surface area contributed by atoms with Gasteiger partial charge >= 0.3 is 0 Å². The maximum atomic E-state index is 11.9. The molecule has 2 fully saturated rings. The van der Waals surface area contributed by atoms with E-state index in [0.29, 0.717) is 19.5 Å². The minimum Gasteiger partial charge on any atom is -0.371 e. The topological polar surface area (TPSA) is 53.3 Å². The number of fused-ring (bicyclic) bond motifs is 2. The Kier molecular flexibility index (Phi) is 2.92. The van der Waals surface area contributed by atoms with Crippen molar-refractivity contribution in [2.24, 2.45) is 5.92 Å². The minimum atomic E-state index is -0.470. The first-order chi connectivity index (χ1) is 7.24. The molecule has 0 aromatic rings. The lowest BCUT2D eigenvalue weighted by atomic mass is 10.1. The lowest BCUT2D eigenvalue weighted by Gasteiger charge is -2.33. The van der Waals surface area contributed by atoms with Gasteiger partial charge in [-0.25, -0.2) is 0 Å². The molecule has 2 aliphatic rings. The van der Waals surface area contributed by atoms with E-state index in [1.165, 1.54) is 0 Å². The first-order valence-corrected chi connectivity index (χ1v) is 5.58. The molecule has 0 aromatic heterocycles. The number of morpholine rings is 1. The van der Waals surface area contributed by atoms with Crippen LogP contribution >= 0.6 is 0 Å². The Bertz CT molecular complexity index is 285. The molecule has 2 aliphatic heterocycles. The smallest absolute Gasteiger partial charge is 0.240 e. The van der Waals surface area contributed by atoms with E-state index in [-0.39, 0.29) is 18.1 Å². The van der Waals surface area contributed by atoms with Gasteiger partial charge in [0.1, 0.15) is 5.92 Å². The monoisotopic (exact) mass is 208 g/mol. The zero-order valence-corrected chi connectivity index (χ0v) is 8.98. The van der Waals surface area contributed by atoms with Crippen LogP contribution in [0.15, 0.2) is 0 Å². The Morgan fingerprint density at radius 1 is 1.53 bits per heavy atom. The van der Waals surface area contributed by atoms with E-state index in [1.54, 1.807) is 0 Å². The molecule has 2 bridgehead atoms. The van der Waals surface area contributed by atoms with Gasteiger partial charge in [0.15, 0.2) is 0 Å². The van der Waals surface area contributed by atoms with Crippen molar-refractivity contribution < 1.29 is 9.53 Å². The van der Waals surface area contributed by atoms with Gasteiger partial charge in [-0.3, -0.25) is 4.79 Å². The molecule has 3 atom stereocenters. The fourth-order valence-electron chi connectivity index (χ4n) is 2.34. The van der Waals surface area contributed by atoms with Crippen LogP contribution in [-0.2, 0) is 9.53 Å². The van der Waals surface area contributed by atoms with Crippen LogP contribution in [0.4, 0.5) is 0 Å². The van der Waals surface area contributed by atoms with Crippen LogP contribution in [0, 0.1) is 17.2 Å². The second-order valence-corrected chi connectivity index (χ2v) is 4.29. The quantitative estimate of drug-likeness (QED) is 0.678. The largest absolute Gasteiger partial charge is 0.371 e. The zero-order chi connectivity index (χ0) is 10.8. The van der Waals surface area contributed by atoms with Crippen molar-refractivity contribution in [3.8, 4) is 6.07 Å². The Morgan fingerprint density at radius 2 is 2.13 bits per heavy atom. The summed E-state index contributed by atoms with van der Waals surface area (Å²) in [7, 11) is 0. The third-order valence-corrected chi connectivity index (χ3v) is 3.22. The van der Waals surface area contributed by atoms with Crippen molar-refractivity contribution in [1.29, 1.82) is 5.26 Å². The summed E-state index contributed by atoms with van der Waals surface area (Å²) in [5.41, 5.74) is 0. The van der Waals surface area contributed by atoms with Gasteiger partial charge in [-0.15, -0.1) is 0 Å². The highest BCUT2D eigenvalue weighted by atomic mass is 16.5. The highest BCUT2D eigenvalue weighted by Crippen LogP contribution is 2.27. The van der Waals surface area contributed by atoms with Crippen LogP contribution in [-0.4, -0.2) is 36.1 Å². The number of carbonyl (C=O) groups excluding carboxylic acids is 1. The number of likely N-dealkylation sites (tertiary alicyclic amines) is 1. The lowest BCUT2D eigenvalue weighted by Crippen LogP contribution is -2.47. The third kappa shape index (κ3) is 1.98. The SMILES string of the molecule is CCC(C#N)C(=O)N1CC2CCC(C1)O2. The number of carbonyl (C=O) groups is 1. The average Bonchev–Trinajstić information content (AvgIpc) is 2.59. The molecule has 4 heteroatoms. The molecule has 3 unspecified atom stereocenters. The molecule has 2 saturated heterocycles. The maximum Gasteiger partial charge on any atom is 0.240 e. The molecule has 0 aromatic carbocycles. The van der Waals surface area contributed by atoms with Crippen molar-refractivity contribution in [2.45, 2.75) is 38.4 Å². The fraction of sp³-hybridized carbons (Fsp3) is 0.818. The highest BCUT2D eigenvalue weighted by molar-refractivity contribution is 5.81. The molecule has 0 aliphatic carbocycles. The molecule has 1 amide bonds. The molecule has 4 nitrogen and oxygen atoms in total. The van der Waals surface area contributed by atoms with Crippen LogP contribution in [0.1, 0.15) is 26.2 Å². The van der Waals surface area contributed by atoms with Crippen LogP contribution in [0.5, 0.6) is 0 Å². The number of amides is 1. The maximum absolute atomic E-state index is 11.9. The summed E-state index contributed by atoms with van der Waals surface area (Å²) in [5.74, 6) is -0.484. The van der Waals surface area contributed by atoms with E-state index in [2.05, 4.69) is 6.07 Å². The minimum absolute atomic E-state index is 0.0137. The molecule has 0 saturated carbocycles. The number of hydrogen-bond donors (Lipinski definition) is 0. The first kappa shape index (κ1) is 10.4. The van der Waals surface area contributed by atoms with Gasteiger partial charge in [0.2, 0.25) is 5.91 Å². The van der Waals surface area contributed by atoms with Crippen molar-refractivity contribution in [1.82, 2.24) is 4.90 Å². The van der Waals surface area contributed by atoms with E-state index in [4.69, 9.17) is 10.00 Å². The Balaban J connectivity index is 2.00. The van der Waals surface area contributed by atoms with Crippen LogP contribution in [0.25, 0.3) is 0 Å². The summed E-state index contributed by atoms with van der Waals surface area (Å²) in [6.07, 6.45) is 3.13. The predicted molar refractivity (Wildman–Crippen MR) is 53.9 cm³/mol. The van der Waals surface area contributed by atoms with Crippen LogP contribution in [0.2, 0.25) is 0 Å². The van der Waals surface area contributed by atoms with Crippen LogP contribution < -0.4 is 0 Å². The zero-order valence-electron chi connectivity index (χ0n) is 8.98. The summed E-state index contributed by atoms with van der Waals surface area (Å²) < 4.78 is 5.65. The highest BCUT2D eigenvalue weighted by Gasteiger charge is 2.37. The van der Waals surface area contributed by atoms with E-state index in [1.807, 2.05) is 11.8 Å². The third-order valence-electron chi connectivity index (χ3n) is 3.22. The predicted octanol–water partition coefficient (Wildman–Crippen LogP) is 0.926. The molecular weight excluding hydrogens is 192 g/mol. The molecule has 0 N–H and O–H groups in total. The van der Waals surface area contributed by atoms with Crippen molar-refractivity contribution in [3.05, 3.63) is 0 Å². The molecule has 2 heterocycles. The second-order valence-electron chi connectivity index (χ2n) is 4.29. The van der Waals surface area contributed by atoms with E-state index < -0.39 is 5.92 Å². The molecular formula is C11H16N2O2. The summed E-state index contributed by atoms with van der Waals surface area (Å²) in [5, 5.41) is 8.85. The standard InChI is InChI=1S/C11H16N2O2/c1-2-8(5-12)11(14)13-6-9-3-4-10(7-13)15-9/h8-10H,2-4,6-7H2,1H3.